The highest BCUT2D eigenvalue weighted by atomic mass is 32.2. The fourth-order valence-electron chi connectivity index (χ4n) is 3.49. The molecule has 33 heavy (non-hydrogen) atoms. The number of hydrogen-bond acceptors (Lipinski definition) is 5. The summed E-state index contributed by atoms with van der Waals surface area (Å²) in [5.74, 6) is 0.715. The number of rotatable bonds is 11. The maximum absolute atomic E-state index is 12.2. The molecule has 0 bridgehead atoms. The molecule has 2 aromatic rings. The van der Waals surface area contributed by atoms with Crippen molar-refractivity contribution in [3.63, 3.8) is 0 Å². The molecule has 0 radical (unpaired) electrons. The van der Waals surface area contributed by atoms with Gasteiger partial charge in [0.2, 0.25) is 15.9 Å². The van der Waals surface area contributed by atoms with Crippen LogP contribution in [0.2, 0.25) is 0 Å². The summed E-state index contributed by atoms with van der Waals surface area (Å²) in [7, 11) is -3.34. The number of pyridine rings is 2. The van der Waals surface area contributed by atoms with Gasteiger partial charge in [0.05, 0.1) is 11.3 Å². The number of nitrogens with one attached hydrogen (secondary N) is 2. The average Bonchev–Trinajstić information content (AvgIpc) is 3.62. The molecule has 2 aromatic heterocycles. The Morgan fingerprint density at radius 1 is 1.21 bits per heavy atom. The molecule has 0 aliphatic heterocycles. The molecule has 1 aliphatic carbocycles. The third kappa shape index (κ3) is 6.58. The van der Waals surface area contributed by atoms with Crippen LogP contribution in [0.25, 0.3) is 16.5 Å². The van der Waals surface area contributed by atoms with E-state index in [0.29, 0.717) is 24.2 Å². The molecule has 0 spiro atoms. The molecular weight excluding hydrogens is 436 g/mol. The lowest BCUT2D eigenvalue weighted by molar-refractivity contribution is -0.117. The van der Waals surface area contributed by atoms with Gasteiger partial charge in [0, 0.05) is 41.4 Å². The number of fused-ring (bicyclic) bond motifs is 1. The molecule has 2 heterocycles. The number of nitrogens with zero attached hydrogens (tertiary/aromatic N) is 2. The Morgan fingerprint density at radius 3 is 2.58 bits per heavy atom. The quantitative estimate of drug-likeness (QED) is 0.469. The van der Waals surface area contributed by atoms with Crippen molar-refractivity contribution >= 4 is 38.2 Å². The van der Waals surface area contributed by atoms with Crippen molar-refractivity contribution in [2.24, 2.45) is 5.92 Å². The van der Waals surface area contributed by atoms with Gasteiger partial charge in [-0.15, -0.1) is 0 Å². The lowest BCUT2D eigenvalue weighted by Gasteiger charge is -2.18. The summed E-state index contributed by atoms with van der Waals surface area (Å²) < 4.78 is 27.1. The minimum Gasteiger partial charge on any atom is -0.310 e. The number of hydrogen-bond donors (Lipinski definition) is 2. The molecule has 0 aromatic carbocycles. The fraction of sp³-hybridized carbons (Fsp3) is 0.400. The number of sulfonamides is 1. The monoisotopic (exact) mass is 468 g/mol. The molecule has 1 fully saturated rings. The topological polar surface area (TPSA) is 101 Å². The van der Waals surface area contributed by atoms with E-state index in [2.05, 4.69) is 33.2 Å². The number of amides is 1. The predicted octanol–water partition coefficient (Wildman–Crippen LogP) is 4.60. The Labute approximate surface area is 196 Å². The maximum atomic E-state index is 12.2. The first-order chi connectivity index (χ1) is 15.6. The normalized spacial score (nSPS) is 15.3. The summed E-state index contributed by atoms with van der Waals surface area (Å²) in [5.41, 5.74) is 3.89. The Balaban J connectivity index is 1.74. The molecular formula is C25H32N4O3S. The molecule has 1 aliphatic rings. The Kier molecular flexibility index (Phi) is 7.81. The second kappa shape index (κ2) is 10.4. The Bertz CT molecular complexity index is 1210. The molecule has 7 nitrogen and oxygen atoms in total. The molecule has 8 heteroatoms. The Hall–Kier alpha value is -2.84. The number of carbonyl (C=O) groups is 1. The van der Waals surface area contributed by atoms with Crippen LogP contribution in [0.15, 0.2) is 54.9 Å². The van der Waals surface area contributed by atoms with E-state index in [4.69, 9.17) is 0 Å². The third-order valence-corrected chi connectivity index (χ3v) is 7.23. The zero-order chi connectivity index (χ0) is 24.2. The second-order valence-corrected chi connectivity index (χ2v) is 10.4. The van der Waals surface area contributed by atoms with E-state index in [-0.39, 0.29) is 23.6 Å². The number of carbonyl (C=O) groups excluding carboxylic acids is 1. The molecule has 1 amide bonds. The molecule has 176 valence electrons. The van der Waals surface area contributed by atoms with Crippen LogP contribution < -0.4 is 10.0 Å². The highest BCUT2D eigenvalue weighted by molar-refractivity contribution is 7.89. The van der Waals surface area contributed by atoms with Crippen LogP contribution in [-0.4, -0.2) is 36.1 Å². The summed E-state index contributed by atoms with van der Waals surface area (Å²) >= 11 is 0. The number of allylic oxidation sites excluding steroid dienone is 2. The number of aromatic nitrogens is 2. The second-order valence-electron chi connectivity index (χ2n) is 8.53. The fourth-order valence-corrected chi connectivity index (χ4v) is 4.90. The third-order valence-electron chi connectivity index (χ3n) is 5.64. The van der Waals surface area contributed by atoms with E-state index in [9.17, 15) is 13.2 Å². The minimum absolute atomic E-state index is 0.00945. The van der Waals surface area contributed by atoms with Crippen molar-refractivity contribution < 1.29 is 13.2 Å². The van der Waals surface area contributed by atoms with Gasteiger partial charge in [0.25, 0.3) is 0 Å². The van der Waals surface area contributed by atoms with Crippen LogP contribution in [0.4, 0.5) is 5.82 Å². The lowest BCUT2D eigenvalue weighted by Crippen LogP contribution is -2.36. The first-order valence-electron chi connectivity index (χ1n) is 11.3. The summed E-state index contributed by atoms with van der Waals surface area (Å²) in [5, 5.41) is 3.67. The molecule has 3 rings (SSSR count). The van der Waals surface area contributed by atoms with E-state index in [0.717, 1.165) is 40.5 Å². The van der Waals surface area contributed by atoms with E-state index in [1.54, 1.807) is 18.5 Å². The smallest absolute Gasteiger partial charge is 0.228 e. The van der Waals surface area contributed by atoms with E-state index >= 15 is 0 Å². The van der Waals surface area contributed by atoms with Gasteiger partial charge in [-0.3, -0.25) is 9.78 Å². The van der Waals surface area contributed by atoms with Gasteiger partial charge in [-0.25, -0.2) is 18.1 Å². The van der Waals surface area contributed by atoms with Gasteiger partial charge < -0.3 is 5.32 Å². The maximum Gasteiger partial charge on any atom is 0.228 e. The highest BCUT2D eigenvalue weighted by Crippen LogP contribution is 2.30. The van der Waals surface area contributed by atoms with Gasteiger partial charge in [-0.1, -0.05) is 33.1 Å². The van der Waals surface area contributed by atoms with Gasteiger partial charge in [0.15, 0.2) is 0 Å². The molecule has 0 unspecified atom stereocenters. The van der Waals surface area contributed by atoms with Crippen LogP contribution in [0.5, 0.6) is 0 Å². The summed E-state index contributed by atoms with van der Waals surface area (Å²) in [6.45, 7) is 13.9. The molecule has 2 N–H and O–H groups in total. The van der Waals surface area contributed by atoms with Crippen LogP contribution in [0, 0.1) is 5.92 Å². The van der Waals surface area contributed by atoms with Crippen molar-refractivity contribution in [1.29, 1.82) is 0 Å². The van der Waals surface area contributed by atoms with Crippen LogP contribution in [0.3, 0.4) is 0 Å². The van der Waals surface area contributed by atoms with Crippen molar-refractivity contribution in [1.82, 2.24) is 14.7 Å². The largest absolute Gasteiger partial charge is 0.310 e. The van der Waals surface area contributed by atoms with Gasteiger partial charge in [0.1, 0.15) is 5.82 Å². The predicted molar refractivity (Wildman–Crippen MR) is 134 cm³/mol. The minimum atomic E-state index is -3.34. The van der Waals surface area contributed by atoms with Crippen molar-refractivity contribution in [3.8, 4) is 0 Å². The van der Waals surface area contributed by atoms with Crippen LogP contribution in [0.1, 0.15) is 52.0 Å². The highest BCUT2D eigenvalue weighted by Gasteiger charge is 2.29. The summed E-state index contributed by atoms with van der Waals surface area (Å²) in [4.78, 5) is 20.8. The average molecular weight is 469 g/mol. The van der Waals surface area contributed by atoms with Gasteiger partial charge in [-0.2, -0.15) is 0 Å². The zero-order valence-electron chi connectivity index (χ0n) is 19.5. The van der Waals surface area contributed by atoms with Crippen LogP contribution >= 0.6 is 0 Å². The van der Waals surface area contributed by atoms with Crippen molar-refractivity contribution in [2.45, 2.75) is 52.5 Å². The summed E-state index contributed by atoms with van der Waals surface area (Å²) in [6, 6.07) is 3.35. The van der Waals surface area contributed by atoms with Crippen LogP contribution in [-0.2, 0) is 14.8 Å². The lowest BCUT2D eigenvalue weighted by atomic mass is 9.97. The summed E-state index contributed by atoms with van der Waals surface area (Å²) in [6.07, 6.45) is 8.32. The van der Waals surface area contributed by atoms with Crippen molar-refractivity contribution in [2.75, 3.05) is 11.1 Å². The van der Waals surface area contributed by atoms with Crippen molar-refractivity contribution in [3.05, 3.63) is 60.5 Å². The first-order valence-corrected chi connectivity index (χ1v) is 12.9. The van der Waals surface area contributed by atoms with Gasteiger partial charge in [-0.05, 0) is 55.4 Å². The Morgan fingerprint density at radius 2 is 1.94 bits per heavy atom. The van der Waals surface area contributed by atoms with E-state index in [1.807, 2.05) is 32.9 Å². The van der Waals surface area contributed by atoms with E-state index in [1.165, 1.54) is 0 Å². The standard InChI is InChI=1S/C25H32N4O3S/c1-6-10-33(31,32)29-22(7-2)17(4)11-16(3)18(5)20-12-21-15-27-24(13-23(21)26-14-20)28-25(30)19-8-9-19/h11-15,19,22,29H,4-10H2,1-3H3,(H,27,28,30)/b16-11-/t22-/m0/s1. The number of anilines is 1. The van der Waals surface area contributed by atoms with E-state index < -0.39 is 10.0 Å². The molecule has 1 atom stereocenters. The molecule has 0 saturated heterocycles. The SMILES string of the molecule is C=C(/C(C)=C\C(=C)[C@H](CC)NS(=O)(=O)CCC)c1cnc2cc(NC(=O)C3CC3)ncc2c1. The van der Waals surface area contributed by atoms with Gasteiger partial charge >= 0.3 is 0 Å². The zero-order valence-corrected chi connectivity index (χ0v) is 20.3. The molecule has 1 saturated carbocycles. The first kappa shape index (κ1) is 24.8.